The first-order valence-electron chi connectivity index (χ1n) is 7.76. The van der Waals surface area contributed by atoms with Crippen LogP contribution in [0.25, 0.3) is 0 Å². The Hall–Kier alpha value is -1.44. The third-order valence-electron chi connectivity index (χ3n) is 4.86. The average molecular weight is 415 g/mol. The highest BCUT2D eigenvalue weighted by atomic mass is 79.9. The number of halogens is 4. The molecule has 0 radical (unpaired) electrons. The second kappa shape index (κ2) is 6.07. The largest absolute Gasteiger partial charge is 0.416 e. The summed E-state index contributed by atoms with van der Waals surface area (Å²) in [6.07, 6.45) is -1.24. The summed E-state index contributed by atoms with van der Waals surface area (Å²) in [4.78, 5) is 6.18. The molecular formula is C18H18BrF3N2O. The minimum absolute atomic E-state index is 0.427. The molecular weight excluding hydrogens is 397 g/mol. The van der Waals surface area contributed by atoms with Crippen LogP contribution in [0.3, 0.4) is 0 Å². The Kier molecular flexibility index (Phi) is 4.46. The Bertz CT molecular complexity index is 773. The van der Waals surface area contributed by atoms with E-state index in [1.807, 2.05) is 14.0 Å². The molecule has 2 aromatic rings. The van der Waals surface area contributed by atoms with Crippen molar-refractivity contribution in [1.29, 1.82) is 0 Å². The molecule has 0 amide bonds. The van der Waals surface area contributed by atoms with E-state index in [4.69, 9.17) is 0 Å². The van der Waals surface area contributed by atoms with Gasteiger partial charge in [-0.2, -0.15) is 13.2 Å². The first kappa shape index (κ1) is 18.4. The van der Waals surface area contributed by atoms with Crippen molar-refractivity contribution in [3.63, 3.8) is 0 Å². The molecule has 3 rings (SSSR count). The molecule has 0 saturated carbocycles. The summed E-state index contributed by atoms with van der Waals surface area (Å²) in [5.41, 5.74) is -1.74. The lowest BCUT2D eigenvalue weighted by Gasteiger charge is -2.55. The quantitative estimate of drug-likeness (QED) is 0.822. The van der Waals surface area contributed by atoms with Gasteiger partial charge < -0.3 is 10.0 Å². The number of aliphatic hydroxyl groups is 1. The summed E-state index contributed by atoms with van der Waals surface area (Å²) in [5.74, 6) is 0. The van der Waals surface area contributed by atoms with E-state index in [1.165, 1.54) is 12.1 Å². The Morgan fingerprint density at radius 3 is 2.12 bits per heavy atom. The molecule has 1 aromatic heterocycles. The van der Waals surface area contributed by atoms with Crippen molar-refractivity contribution in [1.82, 2.24) is 9.88 Å². The van der Waals surface area contributed by atoms with Gasteiger partial charge in [-0.25, -0.2) is 0 Å². The van der Waals surface area contributed by atoms with Crippen LogP contribution < -0.4 is 0 Å². The molecule has 7 heteroatoms. The van der Waals surface area contributed by atoms with Gasteiger partial charge in [-0.15, -0.1) is 0 Å². The number of hydrogen-bond acceptors (Lipinski definition) is 3. The molecule has 134 valence electrons. The van der Waals surface area contributed by atoms with Gasteiger partial charge in [0, 0.05) is 40.9 Å². The van der Waals surface area contributed by atoms with E-state index < -0.39 is 22.8 Å². The average Bonchev–Trinajstić information content (AvgIpc) is 2.52. The fourth-order valence-corrected chi connectivity index (χ4v) is 4.11. The van der Waals surface area contributed by atoms with E-state index in [1.54, 1.807) is 18.5 Å². The third-order valence-corrected chi connectivity index (χ3v) is 5.30. The zero-order valence-corrected chi connectivity index (χ0v) is 15.4. The second-order valence-corrected chi connectivity index (χ2v) is 7.83. The number of nitrogens with zero attached hydrogens (tertiary/aromatic N) is 2. The highest BCUT2D eigenvalue weighted by molar-refractivity contribution is 9.10. The van der Waals surface area contributed by atoms with Crippen molar-refractivity contribution >= 4 is 15.9 Å². The maximum absolute atomic E-state index is 12.9. The van der Waals surface area contributed by atoms with Gasteiger partial charge in [-0.05, 0) is 46.7 Å². The van der Waals surface area contributed by atoms with Crippen molar-refractivity contribution < 1.29 is 18.3 Å². The molecule has 25 heavy (non-hydrogen) atoms. The zero-order valence-electron chi connectivity index (χ0n) is 13.8. The van der Waals surface area contributed by atoms with Crippen LogP contribution in [0.4, 0.5) is 13.2 Å². The summed E-state index contributed by atoms with van der Waals surface area (Å²) in [6.45, 7) is 3.18. The van der Waals surface area contributed by atoms with Crippen molar-refractivity contribution in [2.24, 2.45) is 5.41 Å². The summed E-state index contributed by atoms with van der Waals surface area (Å²) >= 11 is 3.35. The maximum Gasteiger partial charge on any atom is 0.416 e. The molecule has 1 aromatic carbocycles. The Labute approximate surface area is 152 Å². The van der Waals surface area contributed by atoms with Gasteiger partial charge in [0.05, 0.1) is 5.56 Å². The fraction of sp³-hybridized carbons (Fsp3) is 0.389. The van der Waals surface area contributed by atoms with Crippen molar-refractivity contribution in [3.8, 4) is 0 Å². The van der Waals surface area contributed by atoms with Gasteiger partial charge >= 0.3 is 6.18 Å². The van der Waals surface area contributed by atoms with E-state index in [0.29, 0.717) is 28.7 Å². The summed E-state index contributed by atoms with van der Waals surface area (Å²) in [7, 11) is 1.94. The predicted octanol–water partition coefficient (Wildman–Crippen LogP) is 4.05. The van der Waals surface area contributed by atoms with Gasteiger partial charge in [-0.1, -0.05) is 19.1 Å². The highest BCUT2D eigenvalue weighted by Crippen LogP contribution is 2.50. The number of benzene rings is 1. The number of hydrogen-bond donors (Lipinski definition) is 1. The first-order chi connectivity index (χ1) is 11.6. The van der Waals surface area contributed by atoms with Gasteiger partial charge in [0.25, 0.3) is 0 Å². The van der Waals surface area contributed by atoms with Crippen LogP contribution in [0.2, 0.25) is 0 Å². The molecule has 1 fully saturated rings. The third kappa shape index (κ3) is 3.09. The molecule has 1 aliphatic rings. The first-order valence-corrected chi connectivity index (χ1v) is 8.55. The van der Waals surface area contributed by atoms with Crippen LogP contribution in [0.1, 0.15) is 23.6 Å². The molecule has 3 nitrogen and oxygen atoms in total. The molecule has 1 saturated heterocycles. The normalized spacial score (nSPS) is 20.0. The minimum atomic E-state index is -4.41. The topological polar surface area (TPSA) is 36.4 Å². The molecule has 1 N–H and O–H groups in total. The van der Waals surface area contributed by atoms with Gasteiger partial charge in [0.2, 0.25) is 0 Å². The number of aromatic nitrogens is 1. The Morgan fingerprint density at radius 1 is 1.08 bits per heavy atom. The van der Waals surface area contributed by atoms with Crippen LogP contribution >= 0.6 is 15.9 Å². The van der Waals surface area contributed by atoms with Crippen molar-refractivity contribution in [3.05, 3.63) is 63.9 Å². The maximum atomic E-state index is 12.9. The molecule has 0 aliphatic carbocycles. The second-order valence-electron chi connectivity index (χ2n) is 6.91. The Morgan fingerprint density at radius 2 is 1.64 bits per heavy atom. The molecule has 1 unspecified atom stereocenters. The molecule has 0 spiro atoms. The minimum Gasteiger partial charge on any atom is -0.380 e. The van der Waals surface area contributed by atoms with Gasteiger partial charge in [-0.3, -0.25) is 4.98 Å². The van der Waals surface area contributed by atoms with Crippen LogP contribution in [0.15, 0.2) is 47.2 Å². The molecule has 2 heterocycles. The lowest BCUT2D eigenvalue weighted by molar-refractivity contribution is -0.138. The standard InChI is InChI=1S/C18H18BrF3N2O/c1-16(10-24(2)11-16)17(25,14-7-15(19)9-23-8-14)12-3-5-13(6-4-12)18(20,21)22/h3-9,25H,10-11H2,1-2H3. The van der Waals surface area contributed by atoms with Crippen molar-refractivity contribution in [2.45, 2.75) is 18.7 Å². The predicted molar refractivity (Wildman–Crippen MR) is 92.0 cm³/mol. The SMILES string of the molecule is CN1CC(C)(C(O)(c2ccc(C(F)(F)F)cc2)c2cncc(Br)c2)C1. The number of alkyl halides is 3. The summed E-state index contributed by atoms with van der Waals surface area (Å²) in [5, 5.41) is 11.7. The number of rotatable bonds is 3. The lowest BCUT2D eigenvalue weighted by Crippen LogP contribution is -2.63. The summed E-state index contributed by atoms with van der Waals surface area (Å²) in [6, 6.07) is 6.49. The van der Waals surface area contributed by atoms with E-state index in [9.17, 15) is 18.3 Å². The van der Waals surface area contributed by atoms with Crippen LogP contribution in [0, 0.1) is 5.41 Å². The van der Waals surface area contributed by atoms with Crippen molar-refractivity contribution in [2.75, 3.05) is 20.1 Å². The van der Waals surface area contributed by atoms with E-state index >= 15 is 0 Å². The summed E-state index contributed by atoms with van der Waals surface area (Å²) < 4.78 is 39.3. The zero-order chi connectivity index (χ0) is 18.5. The fourth-order valence-electron chi connectivity index (χ4n) is 3.75. The van der Waals surface area contributed by atoms with E-state index in [0.717, 1.165) is 12.1 Å². The van der Waals surface area contributed by atoms with Gasteiger partial charge in [0.15, 0.2) is 0 Å². The highest BCUT2D eigenvalue weighted by Gasteiger charge is 2.55. The smallest absolute Gasteiger partial charge is 0.380 e. The van der Waals surface area contributed by atoms with E-state index in [-0.39, 0.29) is 0 Å². The molecule has 0 bridgehead atoms. The lowest BCUT2D eigenvalue weighted by atomic mass is 9.62. The van der Waals surface area contributed by atoms with Crippen LogP contribution in [-0.4, -0.2) is 35.1 Å². The van der Waals surface area contributed by atoms with Crippen LogP contribution in [-0.2, 0) is 11.8 Å². The molecule has 1 aliphatic heterocycles. The number of pyridine rings is 1. The van der Waals surface area contributed by atoms with E-state index in [2.05, 4.69) is 25.8 Å². The Balaban J connectivity index is 2.12. The number of likely N-dealkylation sites (tertiary alicyclic amines) is 1. The van der Waals surface area contributed by atoms with Gasteiger partial charge in [0.1, 0.15) is 5.60 Å². The monoisotopic (exact) mass is 414 g/mol. The molecule has 1 atom stereocenters. The van der Waals surface area contributed by atoms with Crippen LogP contribution in [0.5, 0.6) is 0 Å².